The van der Waals surface area contributed by atoms with Crippen LogP contribution in [0.2, 0.25) is 0 Å². The quantitative estimate of drug-likeness (QED) is 0.730. The van der Waals surface area contributed by atoms with E-state index in [4.69, 9.17) is 4.74 Å². The smallest absolute Gasteiger partial charge is 0.338 e. The molecule has 2 aromatic carbocycles. The van der Waals surface area contributed by atoms with Crippen LogP contribution in [-0.4, -0.2) is 31.8 Å². The molecule has 0 aliphatic carbocycles. The molecule has 1 aliphatic heterocycles. The summed E-state index contributed by atoms with van der Waals surface area (Å²) in [5, 5.41) is 0. The second-order valence-electron chi connectivity index (χ2n) is 6.67. The van der Waals surface area contributed by atoms with E-state index in [1.165, 1.54) is 10.4 Å². The van der Waals surface area contributed by atoms with Crippen molar-refractivity contribution in [2.75, 3.05) is 13.1 Å². The highest BCUT2D eigenvalue weighted by atomic mass is 32.2. The first-order valence-electron chi connectivity index (χ1n) is 8.90. The average Bonchev–Trinajstić information content (AvgIpc) is 2.68. The van der Waals surface area contributed by atoms with E-state index in [1.54, 1.807) is 0 Å². The van der Waals surface area contributed by atoms with Crippen molar-refractivity contribution in [3.05, 3.63) is 65.0 Å². The summed E-state index contributed by atoms with van der Waals surface area (Å²) in [6.07, 6.45) is 2.46. The van der Waals surface area contributed by atoms with Gasteiger partial charge in [0.2, 0.25) is 10.0 Å². The second-order valence-corrected chi connectivity index (χ2v) is 8.58. The highest BCUT2D eigenvalue weighted by molar-refractivity contribution is 7.89. The summed E-state index contributed by atoms with van der Waals surface area (Å²) in [6, 6.07) is 10.8. The monoisotopic (exact) mass is 391 g/mol. The largest absolute Gasteiger partial charge is 0.457 e. The molecule has 1 heterocycles. The number of rotatable bonds is 5. The van der Waals surface area contributed by atoms with Gasteiger partial charge in [0.15, 0.2) is 0 Å². The summed E-state index contributed by atoms with van der Waals surface area (Å²) in [7, 11) is -3.97. The first-order chi connectivity index (χ1) is 12.9. The first-order valence-corrected chi connectivity index (χ1v) is 10.3. The molecule has 1 saturated heterocycles. The molecule has 0 radical (unpaired) electrons. The number of esters is 1. The Hall–Kier alpha value is -2.25. The number of halogens is 1. The number of piperidine rings is 1. The first kappa shape index (κ1) is 19.5. The maximum Gasteiger partial charge on any atom is 0.338 e. The number of aryl methyl sites for hydroxylation is 1. The summed E-state index contributed by atoms with van der Waals surface area (Å²) >= 11 is 0. The Morgan fingerprint density at radius 3 is 2.41 bits per heavy atom. The Kier molecular flexibility index (Phi) is 5.92. The Morgan fingerprint density at radius 2 is 1.74 bits per heavy atom. The molecule has 0 aromatic heterocycles. The predicted molar refractivity (Wildman–Crippen MR) is 99.3 cm³/mol. The Bertz CT molecular complexity index is 919. The number of nitrogens with zero attached hydrogens (tertiary/aromatic N) is 1. The number of ether oxygens (including phenoxy) is 1. The molecule has 2 aromatic rings. The number of hydrogen-bond donors (Lipinski definition) is 0. The van der Waals surface area contributed by atoms with Crippen LogP contribution >= 0.6 is 0 Å². The van der Waals surface area contributed by atoms with Crippen LogP contribution < -0.4 is 0 Å². The van der Waals surface area contributed by atoms with Crippen molar-refractivity contribution in [1.29, 1.82) is 0 Å². The average molecular weight is 391 g/mol. The predicted octanol–water partition coefficient (Wildman–Crippen LogP) is 3.67. The Balaban J connectivity index is 1.77. The van der Waals surface area contributed by atoms with E-state index < -0.39 is 26.7 Å². The fourth-order valence-corrected chi connectivity index (χ4v) is 4.60. The molecule has 27 heavy (non-hydrogen) atoms. The SMILES string of the molecule is Cc1ccc(COC(=O)c2ccc(F)c(S(=O)(=O)N3CCCCC3)c2)cc1. The second kappa shape index (κ2) is 8.19. The number of hydrogen-bond acceptors (Lipinski definition) is 4. The molecule has 144 valence electrons. The molecule has 0 spiro atoms. The topological polar surface area (TPSA) is 63.7 Å². The molecule has 0 amide bonds. The normalized spacial score (nSPS) is 15.5. The van der Waals surface area contributed by atoms with Crippen molar-refractivity contribution in [2.45, 2.75) is 37.7 Å². The van der Waals surface area contributed by atoms with Gasteiger partial charge in [-0.25, -0.2) is 17.6 Å². The third-order valence-corrected chi connectivity index (χ3v) is 6.50. The van der Waals surface area contributed by atoms with Crippen LogP contribution in [0.3, 0.4) is 0 Å². The fourth-order valence-electron chi connectivity index (χ4n) is 2.99. The summed E-state index contributed by atoms with van der Waals surface area (Å²) in [4.78, 5) is 11.8. The third-order valence-electron chi connectivity index (χ3n) is 4.59. The summed E-state index contributed by atoms with van der Waals surface area (Å²) in [5.41, 5.74) is 1.92. The lowest BCUT2D eigenvalue weighted by Crippen LogP contribution is -2.36. The zero-order chi connectivity index (χ0) is 19.4. The minimum Gasteiger partial charge on any atom is -0.457 e. The molecule has 0 N–H and O–H groups in total. The van der Waals surface area contributed by atoms with Crippen LogP contribution in [0, 0.1) is 12.7 Å². The van der Waals surface area contributed by atoms with E-state index in [9.17, 15) is 17.6 Å². The van der Waals surface area contributed by atoms with Gasteiger partial charge in [-0.1, -0.05) is 36.2 Å². The zero-order valence-electron chi connectivity index (χ0n) is 15.2. The summed E-state index contributed by atoms with van der Waals surface area (Å²) < 4.78 is 46.2. The third kappa shape index (κ3) is 4.54. The van der Waals surface area contributed by atoms with E-state index >= 15 is 0 Å². The van der Waals surface area contributed by atoms with E-state index in [0.717, 1.165) is 42.5 Å². The number of benzene rings is 2. The zero-order valence-corrected chi connectivity index (χ0v) is 16.0. The van der Waals surface area contributed by atoms with Crippen LogP contribution in [0.5, 0.6) is 0 Å². The lowest BCUT2D eigenvalue weighted by atomic mass is 10.2. The fraction of sp³-hybridized carbons (Fsp3) is 0.350. The van der Waals surface area contributed by atoms with Gasteiger partial charge in [-0.05, 0) is 43.5 Å². The Labute approximate surface area is 158 Å². The van der Waals surface area contributed by atoms with Crippen LogP contribution in [0.4, 0.5) is 4.39 Å². The minimum atomic E-state index is -3.97. The molecule has 3 rings (SSSR count). The molecule has 1 fully saturated rings. The van der Waals surface area contributed by atoms with E-state index in [0.29, 0.717) is 13.1 Å². The van der Waals surface area contributed by atoms with E-state index in [1.807, 2.05) is 31.2 Å². The van der Waals surface area contributed by atoms with Crippen molar-refractivity contribution in [1.82, 2.24) is 4.31 Å². The summed E-state index contributed by atoms with van der Waals surface area (Å²) in [5.74, 6) is -1.55. The van der Waals surface area contributed by atoms with Crippen LogP contribution in [-0.2, 0) is 21.4 Å². The summed E-state index contributed by atoms with van der Waals surface area (Å²) in [6.45, 7) is 2.75. The Morgan fingerprint density at radius 1 is 1.07 bits per heavy atom. The van der Waals surface area contributed by atoms with Gasteiger partial charge < -0.3 is 4.74 Å². The molecule has 1 aliphatic rings. The molecule has 0 bridgehead atoms. The maximum absolute atomic E-state index is 14.2. The van der Waals surface area contributed by atoms with Gasteiger partial charge in [0.1, 0.15) is 17.3 Å². The van der Waals surface area contributed by atoms with Crippen LogP contribution in [0.1, 0.15) is 40.7 Å². The number of carbonyl (C=O) groups excluding carboxylic acids is 1. The molecule has 0 saturated carbocycles. The molecule has 0 atom stereocenters. The van der Waals surface area contributed by atoms with E-state index in [2.05, 4.69) is 0 Å². The molecule has 7 heteroatoms. The lowest BCUT2D eigenvalue weighted by molar-refractivity contribution is 0.0472. The van der Waals surface area contributed by atoms with Gasteiger partial charge in [-0.2, -0.15) is 4.31 Å². The van der Waals surface area contributed by atoms with Gasteiger partial charge in [-0.15, -0.1) is 0 Å². The van der Waals surface area contributed by atoms with E-state index in [-0.39, 0.29) is 12.2 Å². The van der Waals surface area contributed by atoms with Crippen LogP contribution in [0.15, 0.2) is 47.4 Å². The molecule has 5 nitrogen and oxygen atoms in total. The number of carbonyl (C=O) groups is 1. The minimum absolute atomic E-state index is 0.0131. The highest BCUT2D eigenvalue weighted by Crippen LogP contribution is 2.24. The van der Waals surface area contributed by atoms with Gasteiger partial charge in [-0.3, -0.25) is 0 Å². The van der Waals surface area contributed by atoms with Gasteiger partial charge >= 0.3 is 5.97 Å². The van der Waals surface area contributed by atoms with Gasteiger partial charge in [0.05, 0.1) is 5.56 Å². The van der Waals surface area contributed by atoms with Crippen molar-refractivity contribution < 1.29 is 22.3 Å². The van der Waals surface area contributed by atoms with Gasteiger partial charge in [0, 0.05) is 13.1 Å². The van der Waals surface area contributed by atoms with Gasteiger partial charge in [0.25, 0.3) is 0 Å². The highest BCUT2D eigenvalue weighted by Gasteiger charge is 2.29. The van der Waals surface area contributed by atoms with Crippen molar-refractivity contribution >= 4 is 16.0 Å². The van der Waals surface area contributed by atoms with Crippen LogP contribution in [0.25, 0.3) is 0 Å². The van der Waals surface area contributed by atoms with Crippen molar-refractivity contribution in [2.24, 2.45) is 0 Å². The lowest BCUT2D eigenvalue weighted by Gasteiger charge is -2.26. The van der Waals surface area contributed by atoms with Crippen molar-refractivity contribution in [3.63, 3.8) is 0 Å². The maximum atomic E-state index is 14.2. The number of sulfonamides is 1. The molecular formula is C20H22FNO4S. The molecular weight excluding hydrogens is 369 g/mol. The van der Waals surface area contributed by atoms with Crippen molar-refractivity contribution in [3.8, 4) is 0 Å². The standard InChI is InChI=1S/C20H22FNO4S/c1-15-5-7-16(8-6-15)14-26-20(23)17-9-10-18(21)19(13-17)27(24,25)22-11-3-2-4-12-22/h5-10,13H,2-4,11-12,14H2,1H3. The molecule has 0 unspecified atom stereocenters.